The summed E-state index contributed by atoms with van der Waals surface area (Å²) in [5.41, 5.74) is 0.880. The third-order valence-electron chi connectivity index (χ3n) is 4.45. The quantitative estimate of drug-likeness (QED) is 0.587. The first-order valence-corrected chi connectivity index (χ1v) is 11.4. The summed E-state index contributed by atoms with van der Waals surface area (Å²) in [7, 11) is -3.87. The van der Waals surface area contributed by atoms with Crippen LogP contribution in [0.25, 0.3) is 0 Å². The van der Waals surface area contributed by atoms with Crippen LogP contribution in [0.1, 0.15) is 39.2 Å². The fourth-order valence-electron chi connectivity index (χ4n) is 3.02. The van der Waals surface area contributed by atoms with Crippen LogP contribution in [0.2, 0.25) is 0 Å². The van der Waals surface area contributed by atoms with Gasteiger partial charge in [0.05, 0.1) is 11.5 Å². The van der Waals surface area contributed by atoms with E-state index in [1.807, 2.05) is 51.1 Å². The Labute approximate surface area is 173 Å². The van der Waals surface area contributed by atoms with Crippen LogP contribution < -0.4 is 14.8 Å². The highest BCUT2D eigenvalue weighted by Crippen LogP contribution is 2.17. The summed E-state index contributed by atoms with van der Waals surface area (Å²) in [5.74, 6) is 0.266. The lowest BCUT2D eigenvalue weighted by atomic mass is 10.1. The number of hydrogen-bond donors (Lipinski definition) is 2. The maximum absolute atomic E-state index is 12.9. The predicted octanol–water partition coefficient (Wildman–Crippen LogP) is 3.28. The number of hydrogen-bond acceptors (Lipinski definition) is 4. The molecule has 0 unspecified atom stereocenters. The number of ether oxygens (including phenoxy) is 1. The van der Waals surface area contributed by atoms with Crippen LogP contribution >= 0.6 is 0 Å². The van der Waals surface area contributed by atoms with Crippen molar-refractivity contribution in [2.45, 2.75) is 57.0 Å². The van der Waals surface area contributed by atoms with Crippen LogP contribution in [-0.4, -0.2) is 33.0 Å². The van der Waals surface area contributed by atoms with Gasteiger partial charge in [0.2, 0.25) is 15.9 Å². The third kappa shape index (κ3) is 7.18. The van der Waals surface area contributed by atoms with Crippen LogP contribution in [0, 0.1) is 0 Å². The fraction of sp³-hybridized carbons (Fsp3) is 0.409. The van der Waals surface area contributed by atoms with E-state index in [2.05, 4.69) is 10.0 Å². The Balaban J connectivity index is 2.21. The molecule has 0 aliphatic carbocycles. The summed E-state index contributed by atoms with van der Waals surface area (Å²) in [6.45, 7) is 6.32. The second-order valence-electron chi connectivity index (χ2n) is 6.97. The van der Waals surface area contributed by atoms with E-state index in [1.54, 1.807) is 12.1 Å². The summed E-state index contributed by atoms with van der Waals surface area (Å²) in [5, 5.41) is 2.92. The number of sulfonamides is 1. The first-order valence-electron chi connectivity index (χ1n) is 9.95. The zero-order valence-electron chi connectivity index (χ0n) is 17.2. The Morgan fingerprint density at radius 2 is 1.69 bits per heavy atom. The molecule has 0 aliphatic rings. The molecular weight excluding hydrogens is 388 g/mol. The predicted molar refractivity (Wildman–Crippen MR) is 114 cm³/mol. The molecule has 29 heavy (non-hydrogen) atoms. The molecule has 0 aromatic heterocycles. The van der Waals surface area contributed by atoms with Gasteiger partial charge in [-0.2, -0.15) is 4.72 Å². The zero-order valence-corrected chi connectivity index (χ0v) is 18.0. The molecule has 0 bridgehead atoms. The molecule has 6 nitrogen and oxygen atoms in total. The Bertz CT molecular complexity index is 867. The molecule has 0 heterocycles. The van der Waals surface area contributed by atoms with E-state index >= 15 is 0 Å². The number of rotatable bonds is 11. The molecule has 1 amide bonds. The van der Waals surface area contributed by atoms with E-state index in [1.165, 1.54) is 12.1 Å². The normalized spacial score (nSPS) is 13.5. The van der Waals surface area contributed by atoms with Crippen molar-refractivity contribution in [3.05, 3.63) is 60.2 Å². The van der Waals surface area contributed by atoms with Gasteiger partial charge in [0.25, 0.3) is 0 Å². The SMILES string of the molecule is CCC[C@@H](C)NC(=O)[C@@H](Cc1ccccc1)NS(=O)(=O)c1ccc(OCC)cc1. The molecule has 0 spiro atoms. The highest BCUT2D eigenvalue weighted by molar-refractivity contribution is 7.89. The molecule has 2 aromatic rings. The van der Waals surface area contributed by atoms with E-state index in [0.717, 1.165) is 18.4 Å². The summed E-state index contributed by atoms with van der Waals surface area (Å²) >= 11 is 0. The molecule has 0 fully saturated rings. The van der Waals surface area contributed by atoms with Gasteiger partial charge in [0.1, 0.15) is 11.8 Å². The van der Waals surface area contributed by atoms with Gasteiger partial charge < -0.3 is 10.1 Å². The number of benzene rings is 2. The average molecular weight is 419 g/mol. The minimum atomic E-state index is -3.87. The Morgan fingerprint density at radius 3 is 2.28 bits per heavy atom. The number of amides is 1. The average Bonchev–Trinajstić information content (AvgIpc) is 2.69. The standard InChI is InChI=1S/C22H30N2O4S/c1-4-9-17(3)23-22(25)21(16-18-10-7-6-8-11-18)24-29(26,27)20-14-12-19(13-15-20)28-5-2/h6-8,10-15,17,21,24H,4-5,9,16H2,1-3H3,(H,23,25)/t17-,21-/m1/s1. The molecule has 0 aliphatic heterocycles. The summed E-state index contributed by atoms with van der Waals surface area (Å²) in [6, 6.07) is 14.6. The van der Waals surface area contributed by atoms with Crippen molar-refractivity contribution in [3.63, 3.8) is 0 Å². The highest BCUT2D eigenvalue weighted by Gasteiger charge is 2.27. The van der Waals surface area contributed by atoms with Crippen molar-refractivity contribution in [2.24, 2.45) is 0 Å². The van der Waals surface area contributed by atoms with E-state index in [0.29, 0.717) is 12.4 Å². The van der Waals surface area contributed by atoms with Gasteiger partial charge in [-0.15, -0.1) is 0 Å². The first-order chi connectivity index (χ1) is 13.9. The molecule has 7 heteroatoms. The molecular formula is C22H30N2O4S. The minimum absolute atomic E-state index is 0.0271. The molecule has 2 aromatic carbocycles. The van der Waals surface area contributed by atoms with Crippen LogP contribution in [0.3, 0.4) is 0 Å². The maximum Gasteiger partial charge on any atom is 0.241 e. The van der Waals surface area contributed by atoms with Crippen LogP contribution in [-0.2, 0) is 21.2 Å². The summed E-state index contributed by atoms with van der Waals surface area (Å²) in [6.07, 6.45) is 2.03. The van der Waals surface area contributed by atoms with Crippen LogP contribution in [0.5, 0.6) is 5.75 Å². The maximum atomic E-state index is 12.9. The third-order valence-corrected chi connectivity index (χ3v) is 5.94. The lowest BCUT2D eigenvalue weighted by Gasteiger charge is -2.21. The molecule has 0 saturated carbocycles. The van der Waals surface area contributed by atoms with Crippen molar-refractivity contribution in [1.82, 2.24) is 10.0 Å². The fourth-order valence-corrected chi connectivity index (χ4v) is 4.22. The lowest BCUT2D eigenvalue weighted by molar-refractivity contribution is -0.123. The van der Waals surface area contributed by atoms with Gasteiger partial charge >= 0.3 is 0 Å². The van der Waals surface area contributed by atoms with E-state index in [9.17, 15) is 13.2 Å². The van der Waals surface area contributed by atoms with E-state index in [-0.39, 0.29) is 23.3 Å². The number of nitrogens with one attached hydrogen (secondary N) is 2. The molecule has 0 saturated heterocycles. The lowest BCUT2D eigenvalue weighted by Crippen LogP contribution is -2.50. The zero-order chi connectivity index (χ0) is 21.3. The second kappa shape index (κ2) is 11.0. The summed E-state index contributed by atoms with van der Waals surface area (Å²) in [4.78, 5) is 12.9. The van der Waals surface area contributed by atoms with Crippen LogP contribution in [0.15, 0.2) is 59.5 Å². The number of carbonyl (C=O) groups is 1. The Morgan fingerprint density at radius 1 is 1.03 bits per heavy atom. The minimum Gasteiger partial charge on any atom is -0.494 e. The van der Waals surface area contributed by atoms with Crippen molar-refractivity contribution in [3.8, 4) is 5.75 Å². The van der Waals surface area contributed by atoms with Crippen molar-refractivity contribution in [2.75, 3.05) is 6.61 Å². The molecule has 0 radical (unpaired) electrons. The molecule has 2 N–H and O–H groups in total. The van der Waals surface area contributed by atoms with Gasteiger partial charge in [-0.25, -0.2) is 8.42 Å². The second-order valence-corrected chi connectivity index (χ2v) is 8.68. The van der Waals surface area contributed by atoms with Crippen molar-refractivity contribution < 1.29 is 17.9 Å². The van der Waals surface area contributed by atoms with Gasteiger partial charge in [0.15, 0.2) is 0 Å². The van der Waals surface area contributed by atoms with Gasteiger partial charge in [0, 0.05) is 6.04 Å². The van der Waals surface area contributed by atoms with Crippen molar-refractivity contribution >= 4 is 15.9 Å². The van der Waals surface area contributed by atoms with E-state index in [4.69, 9.17) is 4.74 Å². The van der Waals surface area contributed by atoms with Gasteiger partial charge in [-0.3, -0.25) is 4.79 Å². The Hall–Kier alpha value is -2.38. The largest absolute Gasteiger partial charge is 0.494 e. The first kappa shape index (κ1) is 22.9. The monoisotopic (exact) mass is 418 g/mol. The van der Waals surface area contributed by atoms with Gasteiger partial charge in [-0.1, -0.05) is 43.7 Å². The highest BCUT2D eigenvalue weighted by atomic mass is 32.2. The van der Waals surface area contributed by atoms with E-state index < -0.39 is 16.1 Å². The Kier molecular flexibility index (Phi) is 8.67. The molecule has 2 rings (SSSR count). The number of carbonyl (C=O) groups excluding carboxylic acids is 1. The van der Waals surface area contributed by atoms with Crippen molar-refractivity contribution in [1.29, 1.82) is 0 Å². The van der Waals surface area contributed by atoms with Crippen LogP contribution in [0.4, 0.5) is 0 Å². The topological polar surface area (TPSA) is 84.5 Å². The molecule has 158 valence electrons. The molecule has 2 atom stereocenters. The van der Waals surface area contributed by atoms with Gasteiger partial charge in [-0.05, 0) is 56.5 Å². The summed E-state index contributed by atoms with van der Waals surface area (Å²) < 4.78 is 33.7. The smallest absolute Gasteiger partial charge is 0.241 e.